The van der Waals surface area contributed by atoms with E-state index in [1.165, 1.54) is 148 Å². The molecular formula is C129H178O12. The van der Waals surface area contributed by atoms with E-state index in [-0.39, 0.29) is 48.1 Å². The Hall–Kier alpha value is -9.27. The SMILES string of the molecule is CCC(C)(C)C(=O)Oc1ccc(OC(CC(C2CCCCC2)C2CCCCC2)OC(C)(C)C)cc1.CCC(C)c1ccc(OC(CC(C)(C)C2CCCO2)OCC(C)C)cc1.CCC(C)c1ccc(OC(CC(c2ccccc2)c2ccccc2)OCCC2CCCCC2)cc1.CCCCC(C)CC(OCCOc1c(-c2ccccc2)cccc1-c1ccccc1)Oc1ccc2cc(C(C)CC)ccc2c1. The first kappa shape index (κ1) is 112. The summed E-state index contributed by atoms with van der Waals surface area (Å²) in [6, 6.07) is 86.5. The van der Waals surface area contributed by atoms with E-state index in [4.69, 9.17) is 52.1 Å². The number of para-hydroxylation sites is 1. The molecule has 14 rings (SSSR count). The van der Waals surface area contributed by atoms with Gasteiger partial charge in [-0.3, -0.25) is 4.79 Å². The second-order valence-electron chi connectivity index (χ2n) is 43.9. The summed E-state index contributed by atoms with van der Waals surface area (Å²) in [5.41, 5.74) is 10.4. The van der Waals surface area contributed by atoms with Crippen molar-refractivity contribution in [3.63, 3.8) is 0 Å². The molecule has 1 aliphatic heterocycles. The van der Waals surface area contributed by atoms with Crippen LogP contribution in [0.4, 0.5) is 0 Å². The van der Waals surface area contributed by atoms with Gasteiger partial charge in [0.05, 0.1) is 36.9 Å². The van der Waals surface area contributed by atoms with E-state index in [0.29, 0.717) is 67.2 Å². The summed E-state index contributed by atoms with van der Waals surface area (Å²) >= 11 is 0. The lowest BCUT2D eigenvalue weighted by Crippen LogP contribution is -2.37. The van der Waals surface area contributed by atoms with Crippen LogP contribution in [0.2, 0.25) is 0 Å². The minimum atomic E-state index is -0.492. The molecule has 9 atom stereocenters. The maximum Gasteiger partial charge on any atom is 0.316 e. The quantitative estimate of drug-likeness (QED) is 0.0156. The van der Waals surface area contributed by atoms with E-state index in [1.807, 2.05) is 57.2 Å². The van der Waals surface area contributed by atoms with Crippen LogP contribution in [-0.2, 0) is 28.5 Å². The average molecular weight is 1920 g/mol. The highest BCUT2D eigenvalue weighted by Gasteiger charge is 2.39. The zero-order valence-electron chi connectivity index (χ0n) is 89.8. The summed E-state index contributed by atoms with van der Waals surface area (Å²) in [4.78, 5) is 12.4. The molecule has 3 aliphatic carbocycles. The van der Waals surface area contributed by atoms with Gasteiger partial charge in [-0.1, -0.05) is 394 Å². The number of fused-ring (bicyclic) bond motifs is 1. The van der Waals surface area contributed by atoms with Crippen LogP contribution in [0.15, 0.2) is 249 Å². The van der Waals surface area contributed by atoms with Crippen molar-refractivity contribution in [2.24, 2.45) is 46.3 Å². The number of unbranched alkanes of at least 4 members (excludes halogenated alkanes) is 1. The average Bonchev–Trinajstić information content (AvgIpc) is 1.14. The van der Waals surface area contributed by atoms with E-state index < -0.39 is 5.41 Å². The van der Waals surface area contributed by atoms with Crippen LogP contribution in [0.1, 0.15) is 362 Å². The number of hydrogen-bond acceptors (Lipinski definition) is 12. The molecule has 0 aromatic heterocycles. The van der Waals surface area contributed by atoms with Gasteiger partial charge in [-0.2, -0.15) is 0 Å². The molecule has 1 heterocycles. The van der Waals surface area contributed by atoms with Crippen LogP contribution >= 0.6 is 0 Å². The highest BCUT2D eigenvalue weighted by Crippen LogP contribution is 2.46. The lowest BCUT2D eigenvalue weighted by molar-refractivity contribution is -0.165. The lowest BCUT2D eigenvalue weighted by atomic mass is 9.68. The largest absolute Gasteiger partial charge is 0.490 e. The predicted molar refractivity (Wildman–Crippen MR) is 586 cm³/mol. The normalized spacial score (nSPS) is 16.9. The molecule has 141 heavy (non-hydrogen) atoms. The van der Waals surface area contributed by atoms with Gasteiger partial charge in [0.25, 0.3) is 0 Å². The fourth-order valence-electron chi connectivity index (χ4n) is 20.4. The highest BCUT2D eigenvalue weighted by molar-refractivity contribution is 5.85. The summed E-state index contributed by atoms with van der Waals surface area (Å²) < 4.78 is 69.5. The van der Waals surface area contributed by atoms with Crippen LogP contribution in [0, 0.1) is 46.3 Å². The van der Waals surface area contributed by atoms with Crippen LogP contribution in [0.25, 0.3) is 33.0 Å². The molecule has 3 saturated carbocycles. The molecule has 0 spiro atoms. The fourth-order valence-corrected chi connectivity index (χ4v) is 20.4. The topological polar surface area (TPSA) is 119 Å². The Morgan fingerprint density at radius 1 is 0.404 bits per heavy atom. The van der Waals surface area contributed by atoms with Crippen molar-refractivity contribution in [3.8, 4) is 56.8 Å². The summed E-state index contributed by atoms with van der Waals surface area (Å²) in [5, 5.41) is 2.43. The first-order valence-corrected chi connectivity index (χ1v) is 55.0. The number of hydrogen-bond donors (Lipinski definition) is 0. The molecule has 4 aliphatic rings. The Kier molecular flexibility index (Phi) is 46.6. The molecule has 9 unspecified atom stereocenters. The van der Waals surface area contributed by atoms with Gasteiger partial charge in [0.15, 0.2) is 12.6 Å². The molecule has 0 bridgehead atoms. The maximum absolute atomic E-state index is 12.4. The number of benzene rings is 10. The molecular weight excluding hydrogens is 1740 g/mol. The van der Waals surface area contributed by atoms with E-state index in [0.717, 1.165) is 159 Å². The Morgan fingerprint density at radius 2 is 0.858 bits per heavy atom. The van der Waals surface area contributed by atoms with Crippen molar-refractivity contribution in [3.05, 3.63) is 277 Å². The van der Waals surface area contributed by atoms with Gasteiger partial charge in [0.2, 0.25) is 12.6 Å². The standard InChI is InChI=1S/C42H48O3.C33H42O2.C31H50O4.C23H38O3/c1-5-7-15-31(3)28-41(45-38-25-24-36-29-35(32(4)6-2)22-23-37(36)30-38)43-26-27-44-42-39(33-16-10-8-11-17-33)20-14-21-40(42)34-18-12-9-13-19-34;1-3-26(2)28-19-21-31(22-20-28)35-33(34-24-23-27-13-7-4-8-14-27)25-32(29-15-9-5-10-16-29)30-17-11-6-12-18-30;1-7-31(5,6)29(32)34-26-20-18-25(19-21-26)33-28(35-30(2,3)4)22-27(23-14-10-8-11-15-23)24-16-12-9-13-17-24;1-7-18(4)19-10-12-20(13-11-19)26-22(25-16-17(2)3)15-23(5,6)21-9-8-14-24-21/h8-14,16-25,29-32,41H,5-7,15,26-28H2,1-4H3;5-6,9-12,15-22,26-27,32-33H,3-4,7-8,13-14,23-25H2,1-2H3;18-21,23-24,27-28H,7-17,22H2,1-6H3;10-13,17-18,21-22H,7-9,14-16H2,1-6H3. The predicted octanol–water partition coefficient (Wildman–Crippen LogP) is 35.7. The van der Waals surface area contributed by atoms with Crippen LogP contribution < -0.4 is 28.4 Å². The number of rotatable bonds is 48. The molecule has 12 heteroatoms. The molecule has 12 nitrogen and oxygen atoms in total. The van der Waals surface area contributed by atoms with Gasteiger partial charge >= 0.3 is 5.97 Å². The molecule has 10 aromatic carbocycles. The third kappa shape index (κ3) is 37.4. The smallest absolute Gasteiger partial charge is 0.316 e. The first-order chi connectivity index (χ1) is 68.2. The number of carbonyl (C=O) groups excluding carboxylic acids is 1. The third-order valence-electron chi connectivity index (χ3n) is 30.1. The minimum absolute atomic E-state index is 0.0365. The molecule has 0 N–H and O–H groups in total. The highest BCUT2D eigenvalue weighted by atomic mass is 16.7. The van der Waals surface area contributed by atoms with E-state index in [9.17, 15) is 4.79 Å². The van der Waals surface area contributed by atoms with E-state index in [2.05, 4.69) is 316 Å². The molecule has 766 valence electrons. The van der Waals surface area contributed by atoms with Crippen molar-refractivity contribution in [2.75, 3.05) is 33.0 Å². The van der Waals surface area contributed by atoms with Gasteiger partial charge < -0.3 is 52.1 Å². The van der Waals surface area contributed by atoms with Crippen molar-refractivity contribution in [1.82, 2.24) is 0 Å². The summed E-state index contributed by atoms with van der Waals surface area (Å²) in [6.45, 7) is 42.3. The summed E-state index contributed by atoms with van der Waals surface area (Å²) in [7, 11) is 0. The molecule has 4 fully saturated rings. The Bertz CT molecular complexity index is 4970. The van der Waals surface area contributed by atoms with E-state index >= 15 is 0 Å². The van der Waals surface area contributed by atoms with Gasteiger partial charge in [-0.25, -0.2) is 0 Å². The van der Waals surface area contributed by atoms with Crippen molar-refractivity contribution in [2.45, 2.75) is 371 Å². The number of ether oxygens (including phenoxy) is 11. The molecule has 10 aromatic rings. The molecule has 1 saturated heterocycles. The Balaban J connectivity index is 0.000000183. The zero-order valence-corrected chi connectivity index (χ0v) is 89.8. The van der Waals surface area contributed by atoms with Crippen molar-refractivity contribution in [1.29, 1.82) is 0 Å². The fraction of sp³-hybridized carbons (Fsp3) is 0.543. The number of carbonyl (C=O) groups is 1. The third-order valence-corrected chi connectivity index (χ3v) is 30.1. The van der Waals surface area contributed by atoms with Crippen molar-refractivity contribution < 1.29 is 56.9 Å². The molecule has 0 radical (unpaired) electrons. The summed E-state index contributed by atoms with van der Waals surface area (Å²) in [5.74, 6) is 10.6. The Labute approximate surface area is 852 Å². The zero-order chi connectivity index (χ0) is 100. The number of esters is 1. The second-order valence-corrected chi connectivity index (χ2v) is 43.9. The van der Waals surface area contributed by atoms with Gasteiger partial charge in [-0.15, -0.1) is 0 Å². The van der Waals surface area contributed by atoms with Crippen LogP contribution in [-0.4, -0.2) is 75.9 Å². The lowest BCUT2D eigenvalue weighted by Gasteiger charge is -2.40. The maximum atomic E-state index is 12.4. The first-order valence-electron chi connectivity index (χ1n) is 55.0. The van der Waals surface area contributed by atoms with Crippen LogP contribution in [0.5, 0.6) is 34.5 Å². The van der Waals surface area contributed by atoms with Gasteiger partial charge in [0, 0.05) is 49.3 Å². The van der Waals surface area contributed by atoms with Gasteiger partial charge in [0.1, 0.15) is 41.1 Å². The van der Waals surface area contributed by atoms with E-state index in [1.54, 1.807) is 0 Å². The van der Waals surface area contributed by atoms with Gasteiger partial charge in [-0.05, 0) is 249 Å². The monoisotopic (exact) mass is 1920 g/mol. The Morgan fingerprint density at radius 3 is 1.36 bits per heavy atom. The summed E-state index contributed by atoms with van der Waals surface area (Å²) in [6.07, 6.45) is 34.2. The minimum Gasteiger partial charge on any atom is -0.490 e. The van der Waals surface area contributed by atoms with Crippen LogP contribution in [0.3, 0.4) is 0 Å². The second kappa shape index (κ2) is 58.6. The van der Waals surface area contributed by atoms with Crippen molar-refractivity contribution >= 4 is 16.7 Å². The molecule has 0 amide bonds.